The van der Waals surface area contributed by atoms with E-state index in [1.54, 1.807) is 0 Å². The average molecular weight is 431 g/mol. The van der Waals surface area contributed by atoms with Crippen molar-refractivity contribution in [3.05, 3.63) is 29.8 Å². The number of anilines is 1. The van der Waals surface area contributed by atoms with Crippen LogP contribution in [0.1, 0.15) is 70.3 Å². The van der Waals surface area contributed by atoms with Crippen molar-refractivity contribution in [1.29, 1.82) is 0 Å². The predicted molar refractivity (Wildman–Crippen MR) is 123 cm³/mol. The number of hydrogen-bond donors (Lipinski definition) is 1. The highest BCUT2D eigenvalue weighted by atomic mass is 16.6. The van der Waals surface area contributed by atoms with Crippen molar-refractivity contribution in [2.75, 3.05) is 37.6 Å². The van der Waals surface area contributed by atoms with Crippen molar-refractivity contribution in [3.8, 4) is 0 Å². The van der Waals surface area contributed by atoms with Gasteiger partial charge < -0.3 is 14.7 Å². The molecule has 0 radical (unpaired) electrons. The van der Waals surface area contributed by atoms with Gasteiger partial charge in [-0.15, -0.1) is 0 Å². The molecule has 4 rings (SSSR count). The minimum atomic E-state index is -0.250. The summed E-state index contributed by atoms with van der Waals surface area (Å²) >= 11 is 0. The third kappa shape index (κ3) is 5.79. The van der Waals surface area contributed by atoms with Gasteiger partial charge in [-0.2, -0.15) is 0 Å². The molecule has 31 heavy (non-hydrogen) atoms. The molecule has 172 valence electrons. The summed E-state index contributed by atoms with van der Waals surface area (Å²) in [4.78, 5) is 25.8. The Morgan fingerprint density at radius 3 is 2.45 bits per heavy atom. The molecule has 1 unspecified atom stereocenters. The summed E-state index contributed by atoms with van der Waals surface area (Å²) in [6.45, 7) is 9.89. The largest absolute Gasteiger partial charge is 0.483 e. The molecule has 2 heterocycles. The lowest BCUT2D eigenvalue weighted by Crippen LogP contribution is -2.47. The zero-order valence-corrected chi connectivity index (χ0v) is 19.1. The second-order valence-corrected chi connectivity index (χ2v) is 9.51. The van der Waals surface area contributed by atoms with Crippen LogP contribution in [-0.4, -0.2) is 61.3 Å². The fourth-order valence-corrected chi connectivity index (χ4v) is 5.48. The Bertz CT molecular complexity index is 722. The van der Waals surface area contributed by atoms with Crippen LogP contribution < -0.4 is 4.90 Å². The van der Waals surface area contributed by atoms with Crippen LogP contribution in [-0.2, 0) is 14.3 Å². The first-order chi connectivity index (χ1) is 15.0. The molecule has 1 N–H and O–H groups in total. The van der Waals surface area contributed by atoms with Crippen molar-refractivity contribution in [1.82, 2.24) is 4.90 Å². The van der Waals surface area contributed by atoms with Crippen LogP contribution in [0, 0.1) is 5.41 Å². The Morgan fingerprint density at radius 1 is 1.16 bits per heavy atom. The van der Waals surface area contributed by atoms with Gasteiger partial charge in [0.1, 0.15) is 6.10 Å². The van der Waals surface area contributed by atoms with Crippen LogP contribution >= 0.6 is 0 Å². The summed E-state index contributed by atoms with van der Waals surface area (Å²) in [6.07, 6.45) is 7.83. The van der Waals surface area contributed by atoms with Gasteiger partial charge >= 0.3 is 5.97 Å². The van der Waals surface area contributed by atoms with Crippen LogP contribution in [0.5, 0.6) is 0 Å². The second kappa shape index (κ2) is 11.0. The molecule has 6 heteroatoms. The van der Waals surface area contributed by atoms with Gasteiger partial charge in [0.15, 0.2) is 0 Å². The maximum Gasteiger partial charge on any atom is 0.312 e. The van der Waals surface area contributed by atoms with Crippen molar-refractivity contribution in [2.45, 2.75) is 70.8 Å². The van der Waals surface area contributed by atoms with E-state index < -0.39 is 0 Å². The van der Waals surface area contributed by atoms with Gasteiger partial charge in [-0.05, 0) is 49.8 Å². The third-order valence-corrected chi connectivity index (χ3v) is 7.16. The standard InChI is InChI=1S/C24H36N2O2.CH2O2/c1-19(2)21-9-3-4-10-22(21)26-16-14-25(15-17-26)13-7-8-20-18-24(23(27)28-20)11-5-6-12-24;2-1-3/h3-4,9-10,19-20H,5-8,11-18H2,1-2H3;1H,(H,2,3). The normalized spacial score (nSPS) is 23.0. The van der Waals surface area contributed by atoms with E-state index in [1.165, 1.54) is 24.1 Å². The highest BCUT2D eigenvalue weighted by Crippen LogP contribution is 2.48. The van der Waals surface area contributed by atoms with E-state index in [2.05, 4.69) is 47.9 Å². The topological polar surface area (TPSA) is 70.1 Å². The van der Waals surface area contributed by atoms with Gasteiger partial charge in [0, 0.05) is 38.3 Å². The SMILES string of the molecule is CC(C)c1ccccc1N1CCN(CCCC2CC3(CCCC3)C(=O)O2)CC1.O=CO. The molecule has 6 nitrogen and oxygen atoms in total. The third-order valence-electron chi connectivity index (χ3n) is 7.16. The average Bonchev–Trinajstić information content (AvgIpc) is 3.36. The predicted octanol–water partition coefficient (Wildman–Crippen LogP) is 4.29. The lowest BCUT2D eigenvalue weighted by Gasteiger charge is -2.37. The quantitative estimate of drug-likeness (QED) is 0.536. The van der Waals surface area contributed by atoms with E-state index in [0.717, 1.165) is 64.8 Å². The van der Waals surface area contributed by atoms with Crippen LogP contribution in [0.25, 0.3) is 0 Å². The first kappa shape index (κ1) is 23.6. The maximum atomic E-state index is 12.3. The Balaban J connectivity index is 0.000000858. The second-order valence-electron chi connectivity index (χ2n) is 9.51. The number of cyclic esters (lactones) is 1. The molecule has 1 saturated carbocycles. The molecule has 3 fully saturated rings. The highest BCUT2D eigenvalue weighted by molar-refractivity contribution is 5.79. The molecule has 2 aliphatic heterocycles. The number of nitrogens with zero attached hydrogens (tertiary/aromatic N) is 2. The highest BCUT2D eigenvalue weighted by Gasteiger charge is 2.50. The molecule has 0 aromatic heterocycles. The zero-order chi connectivity index (χ0) is 22.3. The number of esters is 1. The van der Waals surface area contributed by atoms with Crippen LogP contribution in [0.3, 0.4) is 0 Å². The van der Waals surface area contributed by atoms with E-state index in [4.69, 9.17) is 14.6 Å². The van der Waals surface area contributed by atoms with Crippen molar-refractivity contribution >= 4 is 18.1 Å². The fourth-order valence-electron chi connectivity index (χ4n) is 5.48. The molecule has 1 spiro atoms. The first-order valence-electron chi connectivity index (χ1n) is 11.8. The monoisotopic (exact) mass is 430 g/mol. The summed E-state index contributed by atoms with van der Waals surface area (Å²) < 4.78 is 5.73. The van der Waals surface area contributed by atoms with E-state index >= 15 is 0 Å². The zero-order valence-electron chi connectivity index (χ0n) is 19.1. The van der Waals surface area contributed by atoms with Crippen molar-refractivity contribution in [3.63, 3.8) is 0 Å². The molecule has 1 aromatic rings. The smallest absolute Gasteiger partial charge is 0.312 e. The molecule has 0 bridgehead atoms. The van der Waals surface area contributed by atoms with Gasteiger partial charge in [0.25, 0.3) is 6.47 Å². The molecule has 2 saturated heterocycles. The number of carboxylic acid groups (broad SMARTS) is 1. The minimum Gasteiger partial charge on any atom is -0.483 e. The molecule has 1 aromatic carbocycles. The maximum absolute atomic E-state index is 12.3. The number of piperazine rings is 1. The van der Waals surface area contributed by atoms with Crippen molar-refractivity contribution < 1.29 is 19.4 Å². The number of hydrogen-bond acceptors (Lipinski definition) is 5. The van der Waals surface area contributed by atoms with Crippen LogP contribution in [0.2, 0.25) is 0 Å². The minimum absolute atomic E-state index is 0.0971. The Labute approximate surface area is 186 Å². The number of rotatable bonds is 6. The van der Waals surface area contributed by atoms with Gasteiger partial charge in [-0.25, -0.2) is 0 Å². The van der Waals surface area contributed by atoms with Gasteiger partial charge in [-0.3, -0.25) is 14.5 Å². The van der Waals surface area contributed by atoms with Crippen LogP contribution in [0.15, 0.2) is 24.3 Å². The van der Waals surface area contributed by atoms with Crippen molar-refractivity contribution in [2.24, 2.45) is 5.41 Å². The summed E-state index contributed by atoms with van der Waals surface area (Å²) in [7, 11) is 0. The van der Waals surface area contributed by atoms with Crippen LogP contribution in [0.4, 0.5) is 5.69 Å². The number of carbonyl (C=O) groups excluding carboxylic acids is 1. The lowest BCUT2D eigenvalue weighted by atomic mass is 9.82. The van der Waals surface area contributed by atoms with Gasteiger partial charge in [-0.1, -0.05) is 44.9 Å². The summed E-state index contributed by atoms with van der Waals surface area (Å²) in [5.74, 6) is 0.666. The molecule has 0 amide bonds. The summed E-state index contributed by atoms with van der Waals surface area (Å²) in [6, 6.07) is 8.86. The van der Waals surface area contributed by atoms with Gasteiger partial charge in [0.05, 0.1) is 5.41 Å². The Morgan fingerprint density at radius 2 is 1.81 bits per heavy atom. The summed E-state index contributed by atoms with van der Waals surface area (Å²) in [5, 5.41) is 6.89. The number of carbonyl (C=O) groups is 2. The lowest BCUT2D eigenvalue weighted by molar-refractivity contribution is -0.148. The van der Waals surface area contributed by atoms with E-state index in [1.807, 2.05) is 0 Å². The number of benzene rings is 1. The molecule has 1 atom stereocenters. The first-order valence-corrected chi connectivity index (χ1v) is 11.8. The Hall–Kier alpha value is -2.08. The molecular formula is C25H38N2O4. The van der Waals surface area contributed by atoms with E-state index in [-0.39, 0.29) is 24.0 Å². The van der Waals surface area contributed by atoms with Gasteiger partial charge in [0.2, 0.25) is 0 Å². The Kier molecular flexibility index (Phi) is 8.35. The van der Waals surface area contributed by atoms with E-state index in [0.29, 0.717) is 5.92 Å². The van der Waals surface area contributed by atoms with E-state index in [9.17, 15) is 4.79 Å². The molecule has 3 aliphatic rings. The fraction of sp³-hybridized carbons (Fsp3) is 0.680. The number of ether oxygens (including phenoxy) is 1. The molecular weight excluding hydrogens is 392 g/mol. The number of para-hydroxylation sites is 1. The molecule has 1 aliphatic carbocycles. The summed E-state index contributed by atoms with van der Waals surface area (Å²) in [5.41, 5.74) is 2.77.